The topological polar surface area (TPSA) is 123 Å². The van der Waals surface area contributed by atoms with Crippen LogP contribution in [0.4, 0.5) is 10.5 Å². The fourth-order valence-electron chi connectivity index (χ4n) is 1.43. The van der Waals surface area contributed by atoms with Crippen LogP contribution in [0.1, 0.15) is 26.3 Å². The summed E-state index contributed by atoms with van der Waals surface area (Å²) in [5, 5.41) is 24.2. The monoisotopic (exact) mass is 311 g/mol. The van der Waals surface area contributed by atoms with Crippen LogP contribution in [0.15, 0.2) is 17.2 Å². The smallest absolute Gasteiger partial charge is 0.428 e. The van der Waals surface area contributed by atoms with Gasteiger partial charge < -0.3 is 14.6 Å². The number of nitro groups is 1. The van der Waals surface area contributed by atoms with Crippen LogP contribution in [-0.2, 0) is 4.74 Å². The first-order valence-corrected chi connectivity index (χ1v) is 6.21. The summed E-state index contributed by atoms with van der Waals surface area (Å²) >= 11 is 0. The van der Waals surface area contributed by atoms with Crippen molar-refractivity contribution in [3.63, 3.8) is 0 Å². The third-order valence-electron chi connectivity index (χ3n) is 2.28. The van der Waals surface area contributed by atoms with Crippen LogP contribution >= 0.6 is 0 Å². The molecule has 9 nitrogen and oxygen atoms in total. The number of rotatable bonds is 4. The van der Waals surface area contributed by atoms with Crippen LogP contribution in [0.25, 0.3) is 0 Å². The molecule has 0 saturated heterocycles. The molecule has 120 valence electrons. The highest BCUT2D eigenvalue weighted by Crippen LogP contribution is 2.33. The first-order valence-electron chi connectivity index (χ1n) is 6.21. The summed E-state index contributed by atoms with van der Waals surface area (Å²) in [6.45, 7) is 5.06. The number of phenols is 1. The van der Waals surface area contributed by atoms with E-state index < -0.39 is 16.6 Å². The number of carbonyl (C=O) groups is 1. The molecule has 0 saturated carbocycles. The molecule has 0 spiro atoms. The van der Waals surface area contributed by atoms with Crippen molar-refractivity contribution >= 4 is 18.0 Å². The number of hydrogen-bond acceptors (Lipinski definition) is 7. The van der Waals surface area contributed by atoms with Gasteiger partial charge in [-0.25, -0.2) is 10.2 Å². The summed E-state index contributed by atoms with van der Waals surface area (Å²) in [5.74, 6) is -0.407. The van der Waals surface area contributed by atoms with Crippen molar-refractivity contribution in [3.05, 3.63) is 27.8 Å². The molecule has 1 aromatic rings. The van der Waals surface area contributed by atoms with E-state index in [-0.39, 0.29) is 22.7 Å². The van der Waals surface area contributed by atoms with Crippen molar-refractivity contribution in [3.8, 4) is 11.5 Å². The summed E-state index contributed by atoms with van der Waals surface area (Å²) in [4.78, 5) is 21.6. The Kier molecular flexibility index (Phi) is 5.28. The number of nitro benzene ring substituents is 1. The third kappa shape index (κ3) is 4.93. The highest BCUT2D eigenvalue weighted by molar-refractivity contribution is 5.87. The maximum Gasteiger partial charge on any atom is 0.428 e. The molecule has 9 heteroatoms. The summed E-state index contributed by atoms with van der Waals surface area (Å²) in [7, 11) is 1.26. The number of nitrogens with one attached hydrogen (secondary N) is 1. The highest BCUT2D eigenvalue weighted by Gasteiger charge is 2.17. The van der Waals surface area contributed by atoms with Crippen LogP contribution in [0, 0.1) is 10.1 Å². The van der Waals surface area contributed by atoms with Crippen molar-refractivity contribution in [2.45, 2.75) is 26.4 Å². The van der Waals surface area contributed by atoms with E-state index in [0.29, 0.717) is 0 Å². The molecule has 1 aromatic carbocycles. The van der Waals surface area contributed by atoms with Crippen LogP contribution in [0.2, 0.25) is 0 Å². The number of amides is 1. The molecule has 0 heterocycles. The van der Waals surface area contributed by atoms with Gasteiger partial charge in [0.2, 0.25) is 0 Å². The minimum atomic E-state index is -0.791. The van der Waals surface area contributed by atoms with Gasteiger partial charge in [0.15, 0.2) is 11.5 Å². The van der Waals surface area contributed by atoms with Gasteiger partial charge in [-0.15, -0.1) is 0 Å². The van der Waals surface area contributed by atoms with E-state index in [1.54, 1.807) is 20.8 Å². The fourth-order valence-corrected chi connectivity index (χ4v) is 1.43. The van der Waals surface area contributed by atoms with Gasteiger partial charge >= 0.3 is 6.09 Å². The number of methoxy groups -OCH3 is 1. The predicted octanol–water partition coefficient (Wildman–Crippen LogP) is 2.17. The summed E-state index contributed by atoms with van der Waals surface area (Å²) < 4.78 is 9.80. The van der Waals surface area contributed by atoms with Gasteiger partial charge in [-0.3, -0.25) is 10.1 Å². The van der Waals surface area contributed by atoms with Crippen molar-refractivity contribution in [1.29, 1.82) is 0 Å². The van der Waals surface area contributed by atoms with E-state index in [4.69, 9.17) is 9.47 Å². The van der Waals surface area contributed by atoms with E-state index in [9.17, 15) is 20.0 Å². The Labute approximate surface area is 126 Å². The van der Waals surface area contributed by atoms with Gasteiger partial charge in [-0.1, -0.05) is 0 Å². The number of non-ortho nitro benzene ring substituents is 1. The number of hydrazone groups is 1. The average molecular weight is 311 g/mol. The number of ether oxygens (including phenoxy) is 2. The Hall–Kier alpha value is -2.84. The van der Waals surface area contributed by atoms with E-state index in [0.717, 1.165) is 18.3 Å². The molecule has 1 rings (SSSR count). The van der Waals surface area contributed by atoms with Gasteiger partial charge in [-0.2, -0.15) is 5.10 Å². The van der Waals surface area contributed by atoms with Crippen molar-refractivity contribution in [2.75, 3.05) is 7.11 Å². The molecule has 0 fully saturated rings. The standard InChI is InChI=1S/C13H17N3O6/c1-13(2,3)22-12(18)15-14-7-8-5-9(16(19)20)6-10(21-4)11(8)17/h5-7,17H,1-4H3,(H,15,18). The molecule has 2 N–H and O–H groups in total. The lowest BCUT2D eigenvalue weighted by molar-refractivity contribution is -0.385. The zero-order chi connectivity index (χ0) is 16.9. The van der Waals surface area contributed by atoms with E-state index in [1.807, 2.05) is 0 Å². The zero-order valence-corrected chi connectivity index (χ0v) is 12.6. The summed E-state index contributed by atoms with van der Waals surface area (Å²) in [6.07, 6.45) is 0.259. The second-order valence-electron chi connectivity index (χ2n) is 5.21. The normalized spacial score (nSPS) is 11.3. The van der Waals surface area contributed by atoms with Crippen LogP contribution in [-0.4, -0.2) is 35.0 Å². The lowest BCUT2D eigenvalue weighted by Gasteiger charge is -2.18. The maximum absolute atomic E-state index is 11.4. The minimum Gasteiger partial charge on any atom is -0.504 e. The molecule has 0 aliphatic rings. The van der Waals surface area contributed by atoms with Gasteiger partial charge in [0, 0.05) is 11.6 Å². The van der Waals surface area contributed by atoms with Crippen LogP contribution in [0.5, 0.6) is 11.5 Å². The van der Waals surface area contributed by atoms with Crippen LogP contribution < -0.4 is 10.2 Å². The molecular weight excluding hydrogens is 294 g/mol. The molecule has 0 atom stereocenters. The van der Waals surface area contributed by atoms with Crippen LogP contribution in [0.3, 0.4) is 0 Å². The Bertz CT molecular complexity index is 607. The van der Waals surface area contributed by atoms with Gasteiger partial charge in [0.05, 0.1) is 24.3 Å². The molecule has 0 radical (unpaired) electrons. The Morgan fingerprint density at radius 3 is 2.59 bits per heavy atom. The highest BCUT2D eigenvalue weighted by atomic mass is 16.6. The third-order valence-corrected chi connectivity index (χ3v) is 2.28. The predicted molar refractivity (Wildman–Crippen MR) is 78.3 cm³/mol. The fraction of sp³-hybridized carbons (Fsp3) is 0.385. The number of phenolic OH excluding ortho intramolecular Hbond substituents is 1. The zero-order valence-electron chi connectivity index (χ0n) is 12.6. The number of carbonyl (C=O) groups excluding carboxylic acids is 1. The Morgan fingerprint density at radius 2 is 2.09 bits per heavy atom. The molecule has 0 bridgehead atoms. The summed E-state index contributed by atoms with van der Waals surface area (Å²) in [5.41, 5.74) is 1.14. The quantitative estimate of drug-likeness (QED) is 0.499. The molecule has 0 aliphatic heterocycles. The van der Waals surface area contributed by atoms with Gasteiger partial charge in [-0.05, 0) is 20.8 Å². The van der Waals surface area contributed by atoms with Crippen molar-refractivity contribution < 1.29 is 24.3 Å². The first-order chi connectivity index (χ1) is 10.1. The molecule has 0 aliphatic carbocycles. The molecule has 1 amide bonds. The second kappa shape index (κ2) is 6.74. The van der Waals surface area contributed by atoms with Gasteiger partial charge in [0.1, 0.15) is 5.60 Å². The van der Waals surface area contributed by atoms with Crippen molar-refractivity contribution in [2.24, 2.45) is 5.10 Å². The Morgan fingerprint density at radius 1 is 1.45 bits per heavy atom. The largest absolute Gasteiger partial charge is 0.504 e. The second-order valence-corrected chi connectivity index (χ2v) is 5.21. The van der Waals surface area contributed by atoms with Gasteiger partial charge in [0.25, 0.3) is 5.69 Å². The molecule has 22 heavy (non-hydrogen) atoms. The van der Waals surface area contributed by atoms with Crippen molar-refractivity contribution in [1.82, 2.24) is 5.43 Å². The minimum absolute atomic E-state index is 0.0158. The Balaban J connectivity index is 2.93. The number of aromatic hydroxyl groups is 1. The lowest BCUT2D eigenvalue weighted by Crippen LogP contribution is -2.29. The maximum atomic E-state index is 11.4. The number of benzene rings is 1. The average Bonchev–Trinajstić information content (AvgIpc) is 2.38. The molecule has 0 aromatic heterocycles. The van der Waals surface area contributed by atoms with E-state index in [1.165, 1.54) is 7.11 Å². The van der Waals surface area contributed by atoms with E-state index in [2.05, 4.69) is 10.5 Å². The SMILES string of the molecule is COc1cc([N+](=O)[O-])cc(C=NNC(=O)OC(C)(C)C)c1O. The molecular formula is C13H17N3O6. The first kappa shape index (κ1) is 17.2. The number of hydrogen-bond donors (Lipinski definition) is 2. The summed E-state index contributed by atoms with van der Waals surface area (Å²) in [6, 6.07) is 2.17. The molecule has 0 unspecified atom stereocenters. The lowest BCUT2D eigenvalue weighted by atomic mass is 10.2. The number of nitrogens with zero attached hydrogens (tertiary/aromatic N) is 2. The van der Waals surface area contributed by atoms with E-state index >= 15 is 0 Å².